The van der Waals surface area contributed by atoms with E-state index in [0.717, 1.165) is 10.3 Å². The average Bonchev–Trinajstić information content (AvgIpc) is 3.04. The van der Waals surface area contributed by atoms with Gasteiger partial charge in [0.1, 0.15) is 9.71 Å². The minimum absolute atomic E-state index is 0.0492. The van der Waals surface area contributed by atoms with Gasteiger partial charge in [0, 0.05) is 15.1 Å². The molecule has 3 rings (SSSR count). The first-order chi connectivity index (χ1) is 10.1. The molecule has 3 aromatic heterocycles. The average molecular weight is 318 g/mol. The Hall–Kier alpha value is -1.99. The number of aromatic nitrogens is 2. The van der Waals surface area contributed by atoms with E-state index in [4.69, 9.17) is 5.73 Å². The number of anilines is 1. The summed E-state index contributed by atoms with van der Waals surface area (Å²) in [5, 5.41) is 11.6. The second kappa shape index (κ2) is 5.42. The summed E-state index contributed by atoms with van der Waals surface area (Å²) in [6.45, 7) is 4.01. The summed E-state index contributed by atoms with van der Waals surface area (Å²) < 4.78 is 0. The quantitative estimate of drug-likeness (QED) is 0.777. The molecule has 1 atom stereocenters. The lowest BCUT2D eigenvalue weighted by Gasteiger charge is -2.11. The van der Waals surface area contributed by atoms with E-state index in [0.29, 0.717) is 15.4 Å². The van der Waals surface area contributed by atoms with Gasteiger partial charge in [-0.15, -0.1) is 27.8 Å². The van der Waals surface area contributed by atoms with Crippen molar-refractivity contribution >= 4 is 44.5 Å². The fraction of sp³-hybridized carbons (Fsp3) is 0.214. The van der Waals surface area contributed by atoms with Crippen LogP contribution in [0.3, 0.4) is 0 Å². The maximum absolute atomic E-state index is 12.4. The zero-order valence-corrected chi connectivity index (χ0v) is 13.2. The summed E-state index contributed by atoms with van der Waals surface area (Å²) in [6.07, 6.45) is 1.57. The van der Waals surface area contributed by atoms with Crippen molar-refractivity contribution in [3.8, 4) is 0 Å². The molecule has 0 bridgehead atoms. The summed E-state index contributed by atoms with van der Waals surface area (Å²) in [4.78, 5) is 15.9. The largest absolute Gasteiger partial charge is 0.397 e. The standard InChI is InChI=1S/C14H14N4OS2/c1-7-3-4-10(20-7)8(2)17-13(19)12-11(15)9-5-6-16-18-14(9)21-12/h3-6,8H,15H2,1-2H3,(H,17,19). The van der Waals surface area contributed by atoms with Gasteiger partial charge in [-0.3, -0.25) is 4.79 Å². The Labute approximate surface area is 129 Å². The van der Waals surface area contributed by atoms with Gasteiger partial charge in [0.2, 0.25) is 0 Å². The summed E-state index contributed by atoms with van der Waals surface area (Å²) in [6, 6.07) is 5.81. The molecule has 0 spiro atoms. The number of aryl methyl sites for hydroxylation is 1. The molecule has 21 heavy (non-hydrogen) atoms. The van der Waals surface area contributed by atoms with E-state index in [1.54, 1.807) is 23.6 Å². The van der Waals surface area contributed by atoms with Crippen molar-refractivity contribution in [1.82, 2.24) is 15.5 Å². The van der Waals surface area contributed by atoms with Crippen LogP contribution in [0.2, 0.25) is 0 Å². The number of hydrogen-bond donors (Lipinski definition) is 2. The molecule has 0 saturated heterocycles. The normalized spacial score (nSPS) is 12.5. The number of rotatable bonds is 3. The molecule has 0 aliphatic rings. The molecule has 3 N–H and O–H groups in total. The Morgan fingerprint density at radius 2 is 2.14 bits per heavy atom. The number of carbonyl (C=O) groups excluding carboxylic acids is 1. The molecule has 1 amide bonds. The molecule has 3 heterocycles. The SMILES string of the molecule is Cc1ccc(C(C)NC(=O)c2sc3nnccc3c2N)s1. The van der Waals surface area contributed by atoms with Gasteiger partial charge in [-0.25, -0.2) is 0 Å². The molecule has 0 aliphatic carbocycles. The smallest absolute Gasteiger partial charge is 0.264 e. The highest BCUT2D eigenvalue weighted by Gasteiger charge is 2.19. The van der Waals surface area contributed by atoms with E-state index in [1.165, 1.54) is 16.2 Å². The maximum Gasteiger partial charge on any atom is 0.264 e. The molecule has 7 heteroatoms. The van der Waals surface area contributed by atoms with Crippen molar-refractivity contribution in [1.29, 1.82) is 0 Å². The zero-order valence-electron chi connectivity index (χ0n) is 11.6. The number of nitrogens with one attached hydrogen (secondary N) is 1. The molecular weight excluding hydrogens is 304 g/mol. The van der Waals surface area contributed by atoms with Crippen molar-refractivity contribution < 1.29 is 4.79 Å². The summed E-state index contributed by atoms with van der Waals surface area (Å²) >= 11 is 2.94. The lowest BCUT2D eigenvalue weighted by molar-refractivity contribution is 0.0945. The number of thiophene rings is 2. The molecule has 3 aromatic rings. The van der Waals surface area contributed by atoms with Crippen LogP contribution in [0.1, 0.15) is 32.4 Å². The third-order valence-corrected chi connectivity index (χ3v) is 5.45. The van der Waals surface area contributed by atoms with E-state index in [1.807, 2.05) is 26.0 Å². The topological polar surface area (TPSA) is 80.9 Å². The van der Waals surface area contributed by atoms with Gasteiger partial charge in [0.25, 0.3) is 5.91 Å². The first-order valence-electron chi connectivity index (χ1n) is 6.43. The van der Waals surface area contributed by atoms with E-state index < -0.39 is 0 Å². The third-order valence-electron chi connectivity index (χ3n) is 3.16. The Morgan fingerprint density at radius 1 is 1.33 bits per heavy atom. The van der Waals surface area contributed by atoms with E-state index >= 15 is 0 Å². The number of nitrogen functional groups attached to an aromatic ring is 1. The van der Waals surface area contributed by atoms with Crippen molar-refractivity contribution in [2.45, 2.75) is 19.9 Å². The summed E-state index contributed by atoms with van der Waals surface area (Å²) in [5.74, 6) is -0.172. The van der Waals surface area contributed by atoms with E-state index in [-0.39, 0.29) is 11.9 Å². The van der Waals surface area contributed by atoms with Crippen LogP contribution in [0.4, 0.5) is 5.69 Å². The fourth-order valence-corrected chi connectivity index (χ4v) is 3.88. The summed E-state index contributed by atoms with van der Waals surface area (Å²) in [5.41, 5.74) is 6.51. The predicted octanol–water partition coefficient (Wildman–Crippen LogP) is 3.13. The van der Waals surface area contributed by atoms with Crippen LogP contribution in [0, 0.1) is 6.92 Å². The lowest BCUT2D eigenvalue weighted by Crippen LogP contribution is -2.25. The summed E-state index contributed by atoms with van der Waals surface area (Å²) in [7, 11) is 0. The van der Waals surface area contributed by atoms with Crippen LogP contribution in [-0.2, 0) is 0 Å². The van der Waals surface area contributed by atoms with Crippen molar-refractivity contribution in [2.75, 3.05) is 5.73 Å². The van der Waals surface area contributed by atoms with Crippen molar-refractivity contribution in [2.24, 2.45) is 0 Å². The lowest BCUT2D eigenvalue weighted by atomic mass is 10.2. The number of fused-ring (bicyclic) bond motifs is 1. The Bertz CT molecular complexity index is 808. The number of amides is 1. The van der Waals surface area contributed by atoms with Gasteiger partial charge in [0.05, 0.1) is 17.9 Å². The Morgan fingerprint density at radius 3 is 2.81 bits per heavy atom. The molecule has 0 aromatic carbocycles. The van der Waals surface area contributed by atoms with Crippen LogP contribution in [0.5, 0.6) is 0 Å². The first-order valence-corrected chi connectivity index (χ1v) is 8.06. The van der Waals surface area contributed by atoms with Crippen LogP contribution < -0.4 is 11.1 Å². The Kier molecular flexibility index (Phi) is 3.60. The van der Waals surface area contributed by atoms with Gasteiger partial charge in [0.15, 0.2) is 0 Å². The fourth-order valence-electron chi connectivity index (χ4n) is 2.06. The Balaban J connectivity index is 1.85. The molecule has 0 radical (unpaired) electrons. The van der Waals surface area contributed by atoms with Crippen LogP contribution in [-0.4, -0.2) is 16.1 Å². The van der Waals surface area contributed by atoms with Crippen LogP contribution in [0.15, 0.2) is 24.4 Å². The van der Waals surface area contributed by atoms with Crippen molar-refractivity contribution in [3.05, 3.63) is 39.0 Å². The third kappa shape index (κ3) is 2.62. The van der Waals surface area contributed by atoms with Crippen LogP contribution >= 0.6 is 22.7 Å². The van der Waals surface area contributed by atoms with E-state index in [2.05, 4.69) is 15.5 Å². The van der Waals surface area contributed by atoms with Crippen molar-refractivity contribution in [3.63, 3.8) is 0 Å². The second-order valence-corrected chi connectivity index (χ2v) is 7.06. The zero-order chi connectivity index (χ0) is 15.0. The molecule has 5 nitrogen and oxygen atoms in total. The van der Waals surface area contributed by atoms with Gasteiger partial charge < -0.3 is 11.1 Å². The predicted molar refractivity (Wildman–Crippen MR) is 86.8 cm³/mol. The minimum Gasteiger partial charge on any atom is -0.397 e. The second-order valence-electron chi connectivity index (χ2n) is 4.74. The highest BCUT2D eigenvalue weighted by atomic mass is 32.1. The molecule has 108 valence electrons. The minimum atomic E-state index is -0.172. The monoisotopic (exact) mass is 318 g/mol. The molecule has 0 fully saturated rings. The number of nitrogens with two attached hydrogens (primary N) is 1. The van der Waals surface area contributed by atoms with Gasteiger partial charge in [-0.2, -0.15) is 5.10 Å². The molecule has 0 saturated carbocycles. The number of nitrogens with zero attached hydrogens (tertiary/aromatic N) is 2. The van der Waals surface area contributed by atoms with Gasteiger partial charge in [-0.1, -0.05) is 0 Å². The van der Waals surface area contributed by atoms with Gasteiger partial charge >= 0.3 is 0 Å². The molecule has 0 aliphatic heterocycles. The molecule has 1 unspecified atom stereocenters. The first kappa shape index (κ1) is 14.0. The maximum atomic E-state index is 12.4. The number of carbonyl (C=O) groups is 1. The van der Waals surface area contributed by atoms with E-state index in [9.17, 15) is 4.79 Å². The number of hydrogen-bond acceptors (Lipinski definition) is 6. The van der Waals surface area contributed by atoms with Crippen LogP contribution in [0.25, 0.3) is 10.2 Å². The highest BCUT2D eigenvalue weighted by Crippen LogP contribution is 2.32. The molecular formula is C14H14N4OS2. The highest BCUT2D eigenvalue weighted by molar-refractivity contribution is 7.21. The van der Waals surface area contributed by atoms with Gasteiger partial charge in [-0.05, 0) is 32.0 Å².